The van der Waals surface area contributed by atoms with Crippen molar-refractivity contribution in [2.24, 2.45) is 5.41 Å². The fourth-order valence-corrected chi connectivity index (χ4v) is 4.28. The zero-order valence-corrected chi connectivity index (χ0v) is 13.9. The second-order valence-electron chi connectivity index (χ2n) is 7.30. The summed E-state index contributed by atoms with van der Waals surface area (Å²) < 4.78 is 6.50. The number of aryl methyl sites for hydroxylation is 1. The van der Waals surface area contributed by atoms with Crippen LogP contribution in [0.1, 0.15) is 63.0 Å². The molecule has 1 aromatic carbocycles. The van der Waals surface area contributed by atoms with Crippen molar-refractivity contribution in [2.45, 2.75) is 70.9 Å². The molecule has 0 saturated heterocycles. The molecule has 0 bridgehead atoms. The smallest absolute Gasteiger partial charge is 0.122 e. The van der Waals surface area contributed by atoms with Crippen molar-refractivity contribution in [3.05, 3.63) is 29.3 Å². The van der Waals surface area contributed by atoms with E-state index in [9.17, 15) is 0 Å². The second kappa shape index (κ2) is 5.64. The summed E-state index contributed by atoms with van der Waals surface area (Å²) in [5.74, 6) is 1.66. The minimum absolute atomic E-state index is 0.398. The van der Waals surface area contributed by atoms with Crippen LogP contribution in [0.15, 0.2) is 18.2 Å². The number of nitrogens with one attached hydrogen (secondary N) is 1. The Labute approximate surface area is 129 Å². The fraction of sp³-hybridized carbons (Fsp3) is 0.684. The quantitative estimate of drug-likeness (QED) is 0.885. The van der Waals surface area contributed by atoms with Crippen LogP contribution >= 0.6 is 0 Å². The predicted molar refractivity (Wildman–Crippen MR) is 88.0 cm³/mol. The van der Waals surface area contributed by atoms with Gasteiger partial charge in [0.15, 0.2) is 0 Å². The third-order valence-electron chi connectivity index (χ3n) is 5.82. The summed E-state index contributed by atoms with van der Waals surface area (Å²) in [6.07, 6.45) is 6.94. The molecule has 1 spiro atoms. The first-order chi connectivity index (χ1) is 10.1. The molecule has 3 rings (SSSR count). The van der Waals surface area contributed by atoms with Gasteiger partial charge in [-0.25, -0.2) is 0 Å². The number of hydrogen-bond acceptors (Lipinski definition) is 2. The van der Waals surface area contributed by atoms with Gasteiger partial charge in [-0.3, -0.25) is 0 Å². The molecule has 0 radical (unpaired) electrons. The Kier molecular flexibility index (Phi) is 4.00. The average molecular weight is 287 g/mol. The highest BCUT2D eigenvalue weighted by molar-refractivity contribution is 5.38. The molecule has 1 N–H and O–H groups in total. The first-order valence-electron chi connectivity index (χ1n) is 8.51. The number of rotatable bonds is 4. The molecule has 2 heteroatoms. The monoisotopic (exact) mass is 287 g/mol. The summed E-state index contributed by atoms with van der Waals surface area (Å²) in [4.78, 5) is 0. The van der Waals surface area contributed by atoms with Crippen LogP contribution < -0.4 is 10.1 Å². The van der Waals surface area contributed by atoms with Gasteiger partial charge in [0.05, 0.1) is 0 Å². The molecule has 2 nitrogen and oxygen atoms in total. The van der Waals surface area contributed by atoms with Crippen molar-refractivity contribution in [1.82, 2.24) is 5.32 Å². The van der Waals surface area contributed by atoms with Crippen LogP contribution in [0.4, 0.5) is 0 Å². The van der Waals surface area contributed by atoms with Crippen molar-refractivity contribution in [3.63, 3.8) is 0 Å². The second-order valence-corrected chi connectivity index (χ2v) is 7.30. The van der Waals surface area contributed by atoms with E-state index in [1.54, 1.807) is 0 Å². The summed E-state index contributed by atoms with van der Waals surface area (Å²) in [6, 6.07) is 7.35. The van der Waals surface area contributed by atoms with Crippen LogP contribution in [-0.2, 0) is 0 Å². The van der Waals surface area contributed by atoms with E-state index >= 15 is 0 Å². The maximum atomic E-state index is 6.50. The molecule has 2 saturated carbocycles. The average Bonchev–Trinajstić information content (AvgIpc) is 2.96. The van der Waals surface area contributed by atoms with Crippen LogP contribution in [0.25, 0.3) is 0 Å². The first kappa shape index (κ1) is 14.9. The lowest BCUT2D eigenvalue weighted by atomic mass is 9.60. The Balaban J connectivity index is 1.79. The van der Waals surface area contributed by atoms with Gasteiger partial charge in [0.25, 0.3) is 0 Å². The first-order valence-corrected chi connectivity index (χ1v) is 8.51. The van der Waals surface area contributed by atoms with Gasteiger partial charge in [0.1, 0.15) is 11.9 Å². The molecule has 0 amide bonds. The third-order valence-corrected chi connectivity index (χ3v) is 5.82. The Morgan fingerprint density at radius 1 is 1.24 bits per heavy atom. The molecule has 2 unspecified atom stereocenters. The Morgan fingerprint density at radius 2 is 1.95 bits per heavy atom. The van der Waals surface area contributed by atoms with E-state index in [0.29, 0.717) is 23.5 Å². The van der Waals surface area contributed by atoms with Crippen LogP contribution in [0.2, 0.25) is 0 Å². The minimum atomic E-state index is 0.398. The largest absolute Gasteiger partial charge is 0.489 e. The standard InChI is InChI=1S/C19H29NO/c1-13(2)15-8-7-14(3)16(11-15)21-18-12-17(20-4)19(18)9-5-6-10-19/h7-8,11,13,17-18,20H,5-6,9-10,12H2,1-4H3. The molecule has 0 aromatic heterocycles. The van der Waals surface area contributed by atoms with E-state index in [-0.39, 0.29) is 0 Å². The number of ether oxygens (including phenoxy) is 1. The lowest BCUT2D eigenvalue weighted by Gasteiger charge is -2.53. The maximum absolute atomic E-state index is 6.50. The van der Waals surface area contributed by atoms with Crippen LogP contribution in [0, 0.1) is 12.3 Å². The summed E-state index contributed by atoms with van der Waals surface area (Å²) >= 11 is 0. The van der Waals surface area contributed by atoms with Gasteiger partial charge in [-0.1, -0.05) is 38.8 Å². The molecular weight excluding hydrogens is 258 g/mol. The van der Waals surface area contributed by atoms with Gasteiger partial charge < -0.3 is 10.1 Å². The Bertz CT molecular complexity index is 502. The van der Waals surface area contributed by atoms with E-state index in [4.69, 9.17) is 4.74 Å². The van der Waals surface area contributed by atoms with Crippen molar-refractivity contribution in [2.75, 3.05) is 7.05 Å². The van der Waals surface area contributed by atoms with Crippen molar-refractivity contribution < 1.29 is 4.74 Å². The predicted octanol–water partition coefficient (Wildman–Crippen LogP) is 4.42. The van der Waals surface area contributed by atoms with Crippen LogP contribution in [0.3, 0.4) is 0 Å². The van der Waals surface area contributed by atoms with Gasteiger partial charge in [-0.2, -0.15) is 0 Å². The van der Waals surface area contributed by atoms with E-state index in [1.165, 1.54) is 36.8 Å². The lowest BCUT2D eigenvalue weighted by molar-refractivity contribution is -0.0739. The molecule has 0 heterocycles. The van der Waals surface area contributed by atoms with Crippen molar-refractivity contribution in [3.8, 4) is 5.75 Å². The highest BCUT2D eigenvalue weighted by Gasteiger charge is 2.57. The normalized spacial score (nSPS) is 27.1. The number of benzene rings is 1. The maximum Gasteiger partial charge on any atom is 0.122 e. The van der Waals surface area contributed by atoms with Gasteiger partial charge >= 0.3 is 0 Å². The molecule has 2 aliphatic rings. The molecule has 2 atom stereocenters. The molecule has 2 aliphatic carbocycles. The van der Waals surface area contributed by atoms with E-state index in [1.807, 2.05) is 0 Å². The molecule has 21 heavy (non-hydrogen) atoms. The van der Waals surface area contributed by atoms with Crippen LogP contribution in [0.5, 0.6) is 5.75 Å². The van der Waals surface area contributed by atoms with Gasteiger partial charge in [-0.05, 0) is 49.9 Å². The van der Waals surface area contributed by atoms with Crippen LogP contribution in [-0.4, -0.2) is 19.2 Å². The lowest BCUT2D eigenvalue weighted by Crippen LogP contribution is -2.63. The summed E-state index contributed by atoms with van der Waals surface area (Å²) in [7, 11) is 2.10. The van der Waals surface area contributed by atoms with Gasteiger partial charge in [-0.15, -0.1) is 0 Å². The van der Waals surface area contributed by atoms with Gasteiger partial charge in [0.2, 0.25) is 0 Å². The highest BCUT2D eigenvalue weighted by atomic mass is 16.5. The third kappa shape index (κ3) is 2.48. The number of hydrogen-bond donors (Lipinski definition) is 1. The van der Waals surface area contributed by atoms with E-state index in [0.717, 1.165) is 12.2 Å². The minimum Gasteiger partial charge on any atom is -0.489 e. The molecule has 2 fully saturated rings. The fourth-order valence-electron chi connectivity index (χ4n) is 4.28. The van der Waals surface area contributed by atoms with Gasteiger partial charge in [0, 0.05) is 17.9 Å². The highest BCUT2D eigenvalue weighted by Crippen LogP contribution is 2.54. The summed E-state index contributed by atoms with van der Waals surface area (Å²) in [5, 5.41) is 3.51. The Morgan fingerprint density at radius 3 is 2.57 bits per heavy atom. The Hall–Kier alpha value is -1.02. The SMILES string of the molecule is CNC1CC(Oc2cc(C(C)C)ccc2C)C12CCCC2. The van der Waals surface area contributed by atoms with E-state index in [2.05, 4.69) is 51.3 Å². The zero-order chi connectivity index (χ0) is 15.0. The summed E-state index contributed by atoms with van der Waals surface area (Å²) in [5.41, 5.74) is 3.04. The summed E-state index contributed by atoms with van der Waals surface area (Å²) in [6.45, 7) is 6.65. The topological polar surface area (TPSA) is 21.3 Å². The van der Waals surface area contributed by atoms with E-state index < -0.39 is 0 Å². The van der Waals surface area contributed by atoms with Crippen molar-refractivity contribution in [1.29, 1.82) is 0 Å². The van der Waals surface area contributed by atoms with Crippen molar-refractivity contribution >= 4 is 0 Å². The zero-order valence-electron chi connectivity index (χ0n) is 13.9. The molecule has 116 valence electrons. The molecule has 1 aromatic rings. The molecular formula is C19H29NO. The molecule has 0 aliphatic heterocycles.